The molecule has 0 saturated heterocycles. The Balaban J connectivity index is 0.00000168. The number of para-hydroxylation sites is 1. The number of aryl methyl sites for hydroxylation is 3. The molecule has 3 aromatic rings. The van der Waals surface area contributed by atoms with Crippen molar-refractivity contribution in [1.29, 1.82) is 0 Å². The van der Waals surface area contributed by atoms with Crippen molar-refractivity contribution in [2.45, 2.75) is 45.6 Å². The average molecular weight is 365 g/mol. The molecule has 0 aliphatic carbocycles. The highest BCUT2D eigenvalue weighted by Gasteiger charge is 2.26. The van der Waals surface area contributed by atoms with E-state index < -0.39 is 0 Å². The maximum atomic E-state index is 4.98. The molecule has 2 aromatic carbocycles. The third kappa shape index (κ3) is 2.68. The molecule has 3 heteroatoms. The summed E-state index contributed by atoms with van der Waals surface area (Å²) in [6, 6.07) is 15.8. The summed E-state index contributed by atoms with van der Waals surface area (Å²) in [5, 5.41) is 1.47. The number of aromatic nitrogens is 1. The first kappa shape index (κ1) is 17.4. The predicted octanol–water partition coefficient (Wildman–Crippen LogP) is 5.49. The van der Waals surface area contributed by atoms with Crippen molar-refractivity contribution in [2.75, 3.05) is 6.54 Å². The second kappa shape index (κ2) is 6.92. The van der Waals surface area contributed by atoms with Gasteiger partial charge in [-0.05, 0) is 43.7 Å². The Morgan fingerprint density at radius 3 is 2.62 bits per heavy atom. The molecule has 0 atom stereocenters. The lowest BCUT2D eigenvalue weighted by molar-refractivity contribution is 0.581. The Morgan fingerprint density at radius 1 is 0.923 bits per heavy atom. The van der Waals surface area contributed by atoms with Crippen molar-refractivity contribution in [2.24, 2.45) is 4.99 Å². The first-order valence-corrected chi connectivity index (χ1v) is 9.58. The fourth-order valence-corrected chi connectivity index (χ4v) is 4.56. The minimum absolute atomic E-state index is 0. The standard InChI is InChI=1S/C23H24N2.ClH/c1-16-9-11-17(12-10-16)21-23-20(13-14-24-21)19-8-5-7-18-6-3-2-4-15-25(23)22(18)19;/h5,7-12H,2-4,6,13-15H2,1H3;1H. The zero-order chi connectivity index (χ0) is 16.8. The van der Waals surface area contributed by atoms with Gasteiger partial charge in [-0.25, -0.2) is 0 Å². The Morgan fingerprint density at radius 2 is 1.77 bits per heavy atom. The monoisotopic (exact) mass is 364 g/mol. The van der Waals surface area contributed by atoms with Crippen molar-refractivity contribution >= 4 is 29.0 Å². The summed E-state index contributed by atoms with van der Waals surface area (Å²) in [5.41, 5.74) is 9.67. The molecule has 26 heavy (non-hydrogen) atoms. The number of hydrogen-bond donors (Lipinski definition) is 0. The normalized spacial score (nSPS) is 16.3. The average Bonchev–Trinajstić information content (AvgIpc) is 2.94. The lowest BCUT2D eigenvalue weighted by atomic mass is 9.96. The molecule has 0 fully saturated rings. The molecule has 0 N–H and O–H groups in total. The van der Waals surface area contributed by atoms with E-state index in [2.05, 4.69) is 54.0 Å². The third-order valence-electron chi connectivity index (χ3n) is 5.78. The van der Waals surface area contributed by atoms with Gasteiger partial charge in [0.05, 0.1) is 16.9 Å². The van der Waals surface area contributed by atoms with Gasteiger partial charge in [-0.1, -0.05) is 54.4 Å². The van der Waals surface area contributed by atoms with E-state index >= 15 is 0 Å². The van der Waals surface area contributed by atoms with Crippen LogP contribution in [-0.4, -0.2) is 16.8 Å². The van der Waals surface area contributed by atoms with Crippen LogP contribution < -0.4 is 0 Å². The molecule has 0 radical (unpaired) electrons. The van der Waals surface area contributed by atoms with Crippen molar-refractivity contribution in [3.05, 3.63) is 70.4 Å². The molecular formula is C23H25ClN2. The van der Waals surface area contributed by atoms with Gasteiger partial charge in [0, 0.05) is 24.0 Å². The van der Waals surface area contributed by atoms with E-state index in [0.717, 1.165) is 19.5 Å². The summed E-state index contributed by atoms with van der Waals surface area (Å²) < 4.78 is 2.59. The number of aliphatic imine (C=N–C) groups is 1. The molecule has 5 rings (SSSR count). The van der Waals surface area contributed by atoms with Crippen LogP contribution in [0.25, 0.3) is 10.9 Å². The van der Waals surface area contributed by atoms with E-state index in [1.807, 2.05) is 0 Å². The number of hydrogen-bond acceptors (Lipinski definition) is 1. The molecule has 134 valence electrons. The van der Waals surface area contributed by atoms with Crippen LogP contribution in [0.2, 0.25) is 0 Å². The van der Waals surface area contributed by atoms with Crippen LogP contribution in [0.1, 0.15) is 47.2 Å². The fraction of sp³-hybridized carbons (Fsp3) is 0.348. The summed E-state index contributed by atoms with van der Waals surface area (Å²) in [6.07, 6.45) is 6.17. The predicted molar refractivity (Wildman–Crippen MR) is 112 cm³/mol. The zero-order valence-corrected chi connectivity index (χ0v) is 16.1. The Kier molecular flexibility index (Phi) is 4.62. The van der Waals surface area contributed by atoms with Crippen molar-refractivity contribution < 1.29 is 0 Å². The first-order valence-electron chi connectivity index (χ1n) is 9.58. The third-order valence-corrected chi connectivity index (χ3v) is 5.78. The highest BCUT2D eigenvalue weighted by Crippen LogP contribution is 2.35. The van der Waals surface area contributed by atoms with Gasteiger partial charge in [0.15, 0.2) is 0 Å². The van der Waals surface area contributed by atoms with Gasteiger partial charge in [-0.3, -0.25) is 4.99 Å². The summed E-state index contributed by atoms with van der Waals surface area (Å²) >= 11 is 0. The lowest BCUT2D eigenvalue weighted by Gasteiger charge is -2.20. The highest BCUT2D eigenvalue weighted by atomic mass is 35.5. The van der Waals surface area contributed by atoms with Gasteiger partial charge < -0.3 is 4.57 Å². The van der Waals surface area contributed by atoms with Gasteiger partial charge in [-0.15, -0.1) is 12.4 Å². The zero-order valence-electron chi connectivity index (χ0n) is 15.3. The van der Waals surface area contributed by atoms with Crippen LogP contribution in [0.3, 0.4) is 0 Å². The van der Waals surface area contributed by atoms with E-state index in [9.17, 15) is 0 Å². The molecule has 0 unspecified atom stereocenters. The van der Waals surface area contributed by atoms with Gasteiger partial charge in [-0.2, -0.15) is 0 Å². The van der Waals surface area contributed by atoms with Gasteiger partial charge in [0.25, 0.3) is 0 Å². The Bertz CT molecular complexity index is 980. The van der Waals surface area contributed by atoms with E-state index in [-0.39, 0.29) is 12.4 Å². The maximum Gasteiger partial charge on any atom is 0.0886 e. The molecule has 0 saturated carbocycles. The van der Waals surface area contributed by atoms with Gasteiger partial charge in [0.2, 0.25) is 0 Å². The molecular weight excluding hydrogens is 340 g/mol. The molecule has 2 aliphatic rings. The van der Waals surface area contributed by atoms with Crippen LogP contribution in [0.5, 0.6) is 0 Å². The maximum absolute atomic E-state index is 4.98. The topological polar surface area (TPSA) is 17.3 Å². The summed E-state index contributed by atoms with van der Waals surface area (Å²) in [6.45, 7) is 4.17. The van der Waals surface area contributed by atoms with Crippen molar-refractivity contribution in [1.82, 2.24) is 4.57 Å². The summed E-state index contributed by atoms with van der Waals surface area (Å²) in [7, 11) is 0. The first-order chi connectivity index (χ1) is 12.3. The smallest absolute Gasteiger partial charge is 0.0886 e. The van der Waals surface area contributed by atoms with E-state index in [4.69, 9.17) is 4.99 Å². The largest absolute Gasteiger partial charge is 0.339 e. The Hall–Kier alpha value is -2.06. The summed E-state index contributed by atoms with van der Waals surface area (Å²) in [5.74, 6) is 0. The second-order valence-corrected chi connectivity index (χ2v) is 7.45. The molecule has 1 aromatic heterocycles. The number of benzene rings is 2. The van der Waals surface area contributed by atoms with E-state index in [0.29, 0.717) is 0 Å². The fourth-order valence-electron chi connectivity index (χ4n) is 4.56. The molecule has 2 nitrogen and oxygen atoms in total. The van der Waals surface area contributed by atoms with Crippen LogP contribution in [0.4, 0.5) is 0 Å². The molecule has 0 spiro atoms. The molecule has 0 bridgehead atoms. The molecule has 0 amide bonds. The van der Waals surface area contributed by atoms with E-state index in [1.54, 1.807) is 0 Å². The van der Waals surface area contributed by atoms with E-state index in [1.165, 1.54) is 70.2 Å². The Labute approximate surface area is 161 Å². The molecule has 3 heterocycles. The van der Waals surface area contributed by atoms with Crippen LogP contribution in [0, 0.1) is 6.92 Å². The number of rotatable bonds is 1. The van der Waals surface area contributed by atoms with Crippen LogP contribution in [0.15, 0.2) is 47.5 Å². The van der Waals surface area contributed by atoms with Gasteiger partial charge in [0.1, 0.15) is 0 Å². The number of nitrogens with zero attached hydrogens (tertiary/aromatic N) is 2. The van der Waals surface area contributed by atoms with Gasteiger partial charge >= 0.3 is 0 Å². The summed E-state index contributed by atoms with van der Waals surface area (Å²) in [4.78, 5) is 4.98. The second-order valence-electron chi connectivity index (χ2n) is 7.45. The van der Waals surface area contributed by atoms with Crippen LogP contribution >= 0.6 is 12.4 Å². The minimum atomic E-state index is 0. The quantitative estimate of drug-likeness (QED) is 0.543. The number of fused-ring (bicyclic) bond motifs is 3. The van der Waals surface area contributed by atoms with Crippen LogP contribution in [-0.2, 0) is 19.4 Å². The van der Waals surface area contributed by atoms with Crippen molar-refractivity contribution in [3.63, 3.8) is 0 Å². The SMILES string of the molecule is Cc1ccc(C2=NCCc3c2n2c4c(cccc34)CCCCC2)cc1.Cl. The molecule has 2 aliphatic heterocycles. The van der Waals surface area contributed by atoms with Crippen molar-refractivity contribution in [3.8, 4) is 0 Å². The minimum Gasteiger partial charge on any atom is -0.339 e. The number of halogens is 1. The lowest BCUT2D eigenvalue weighted by Crippen LogP contribution is -2.19. The highest BCUT2D eigenvalue weighted by molar-refractivity contribution is 6.16.